The first kappa shape index (κ1) is 27.8. The topological polar surface area (TPSA) is 132 Å². The average molecular weight is 544 g/mol. The molecule has 0 aliphatic carbocycles. The van der Waals surface area contributed by atoms with Crippen molar-refractivity contribution in [2.75, 3.05) is 20.3 Å². The number of carbonyl (C=O) groups is 3. The number of esters is 1. The smallest absolute Gasteiger partial charge is 0.338 e. The number of rotatable bonds is 10. The summed E-state index contributed by atoms with van der Waals surface area (Å²) in [6.07, 6.45) is 8.89. The number of nitrogens with zero attached hydrogens (tertiary/aromatic N) is 2. The van der Waals surface area contributed by atoms with E-state index in [1.54, 1.807) is 38.3 Å². The van der Waals surface area contributed by atoms with Gasteiger partial charge in [0.05, 0.1) is 38.1 Å². The Balaban J connectivity index is 1.43. The van der Waals surface area contributed by atoms with Crippen LogP contribution < -0.4 is 25.5 Å². The number of methoxy groups -OCH3 is 1. The first-order valence-electron chi connectivity index (χ1n) is 12.5. The molecule has 40 heavy (non-hydrogen) atoms. The Morgan fingerprint density at radius 3 is 2.77 bits per heavy atom. The largest absolute Gasteiger partial charge is 0.493 e. The molecular weight excluding hydrogens is 514 g/mol. The molecule has 11 heteroatoms. The lowest BCUT2D eigenvalue weighted by Gasteiger charge is -2.28. The Labute approximate surface area is 231 Å². The van der Waals surface area contributed by atoms with Crippen LogP contribution in [0.25, 0.3) is 10.9 Å². The summed E-state index contributed by atoms with van der Waals surface area (Å²) in [6, 6.07) is 11.4. The molecule has 1 atom stereocenters. The second-order valence-electron chi connectivity index (χ2n) is 8.72. The minimum atomic E-state index is -0.764. The fraction of sp³-hybridized carbons (Fsp3) is 0.241. The lowest BCUT2D eigenvalue weighted by atomic mass is 9.95. The van der Waals surface area contributed by atoms with Gasteiger partial charge in [0.2, 0.25) is 0 Å². The molecule has 206 valence electrons. The maximum absolute atomic E-state index is 12.6. The summed E-state index contributed by atoms with van der Waals surface area (Å²) in [6.45, 7) is 3.60. The van der Waals surface area contributed by atoms with Gasteiger partial charge in [-0.1, -0.05) is 30.2 Å². The highest BCUT2D eigenvalue weighted by Crippen LogP contribution is 2.34. The molecule has 11 nitrogen and oxygen atoms in total. The zero-order valence-electron chi connectivity index (χ0n) is 22.3. The Morgan fingerprint density at radius 1 is 1.23 bits per heavy atom. The summed E-state index contributed by atoms with van der Waals surface area (Å²) in [7, 11) is 1.45. The molecule has 0 unspecified atom stereocenters. The molecular formula is C29H29N5O6. The minimum absolute atomic E-state index is 0.188. The van der Waals surface area contributed by atoms with Crippen molar-refractivity contribution in [1.82, 2.24) is 20.6 Å². The quantitative estimate of drug-likeness (QED) is 0.156. The molecule has 1 aliphatic heterocycles. The van der Waals surface area contributed by atoms with Crippen LogP contribution in [0, 0.1) is 12.3 Å². The monoisotopic (exact) mass is 543 g/mol. The number of aromatic nitrogens is 1. The molecule has 0 radical (unpaired) electrons. The number of carbonyl (C=O) groups excluding carboxylic acids is 3. The number of hydrogen-bond donors (Lipinski definition) is 3. The van der Waals surface area contributed by atoms with Crippen LogP contribution in [0.3, 0.4) is 0 Å². The second-order valence-corrected chi connectivity index (χ2v) is 8.72. The van der Waals surface area contributed by atoms with Crippen LogP contribution in [-0.4, -0.2) is 49.0 Å². The Kier molecular flexibility index (Phi) is 8.71. The van der Waals surface area contributed by atoms with Crippen molar-refractivity contribution in [3.63, 3.8) is 0 Å². The van der Waals surface area contributed by atoms with Gasteiger partial charge in [0.15, 0.2) is 18.1 Å². The van der Waals surface area contributed by atoms with Crippen molar-refractivity contribution in [3.05, 3.63) is 71.1 Å². The Bertz CT molecular complexity index is 1550. The lowest BCUT2D eigenvalue weighted by molar-refractivity contribution is -0.139. The summed E-state index contributed by atoms with van der Waals surface area (Å²) in [5, 5.41) is 10.3. The zero-order chi connectivity index (χ0) is 28.6. The molecule has 3 amide bonds. The standard InChI is InChI=1S/C29H29N5O6/c1-5-13-34-16-20(21-9-7-8-10-22(21)34)15-30-33-25(35)17-40-23-12-11-19(14-24(23)38-4)27-26(28(36)39-6-2)18(3)31-29(37)32-27/h1,7-12,14-16,27H,6,13,17H2,2-4H3,(H,33,35)(H2,31,32,37)/b30-15-/t27-/m1/s1. The highest BCUT2D eigenvalue weighted by Gasteiger charge is 2.32. The van der Waals surface area contributed by atoms with E-state index in [1.807, 2.05) is 35.0 Å². The van der Waals surface area contributed by atoms with Crippen LogP contribution in [0.5, 0.6) is 11.5 Å². The van der Waals surface area contributed by atoms with Gasteiger partial charge in [-0.15, -0.1) is 6.42 Å². The van der Waals surface area contributed by atoms with Gasteiger partial charge in [0.1, 0.15) is 0 Å². The number of amides is 3. The first-order chi connectivity index (χ1) is 19.4. The van der Waals surface area contributed by atoms with Crippen molar-refractivity contribution < 1.29 is 28.6 Å². The molecule has 1 aromatic heterocycles. The third-order valence-electron chi connectivity index (χ3n) is 6.12. The van der Waals surface area contributed by atoms with Gasteiger partial charge < -0.3 is 29.4 Å². The van der Waals surface area contributed by atoms with Gasteiger partial charge in [0.25, 0.3) is 5.91 Å². The number of allylic oxidation sites excluding steroid dienone is 1. The summed E-state index contributed by atoms with van der Waals surface area (Å²) in [5.41, 5.74) is 5.46. The summed E-state index contributed by atoms with van der Waals surface area (Å²) >= 11 is 0. The van der Waals surface area contributed by atoms with Crippen molar-refractivity contribution in [1.29, 1.82) is 0 Å². The van der Waals surface area contributed by atoms with Crippen LogP contribution in [0.15, 0.2) is 65.0 Å². The summed E-state index contributed by atoms with van der Waals surface area (Å²) in [5.74, 6) is 2.19. The number of fused-ring (bicyclic) bond motifs is 1. The van der Waals surface area contributed by atoms with Gasteiger partial charge in [0, 0.05) is 28.4 Å². The van der Waals surface area contributed by atoms with E-state index in [1.165, 1.54) is 7.11 Å². The molecule has 0 saturated carbocycles. The van der Waals surface area contributed by atoms with Gasteiger partial charge in [-0.2, -0.15) is 5.10 Å². The van der Waals surface area contributed by atoms with Gasteiger partial charge >= 0.3 is 12.0 Å². The maximum atomic E-state index is 12.6. The molecule has 0 spiro atoms. The molecule has 3 aromatic rings. The highest BCUT2D eigenvalue weighted by atomic mass is 16.5. The van der Waals surface area contributed by atoms with Crippen LogP contribution in [0.1, 0.15) is 31.0 Å². The number of ether oxygens (including phenoxy) is 3. The average Bonchev–Trinajstić information content (AvgIpc) is 3.29. The molecule has 2 heterocycles. The molecule has 0 saturated heterocycles. The van der Waals surface area contributed by atoms with Crippen molar-refractivity contribution in [3.8, 4) is 23.8 Å². The van der Waals surface area contributed by atoms with Gasteiger partial charge in [-0.3, -0.25) is 4.79 Å². The predicted octanol–water partition coefficient (Wildman–Crippen LogP) is 3.00. The van der Waals surface area contributed by atoms with Crippen molar-refractivity contribution in [2.24, 2.45) is 5.10 Å². The van der Waals surface area contributed by atoms with E-state index >= 15 is 0 Å². The lowest BCUT2D eigenvalue weighted by Crippen LogP contribution is -2.45. The van der Waals surface area contributed by atoms with E-state index in [4.69, 9.17) is 20.6 Å². The fourth-order valence-electron chi connectivity index (χ4n) is 4.36. The first-order valence-corrected chi connectivity index (χ1v) is 12.5. The molecule has 0 fully saturated rings. The van der Waals surface area contributed by atoms with Crippen LogP contribution in [-0.2, 0) is 20.9 Å². The van der Waals surface area contributed by atoms with Gasteiger partial charge in [-0.05, 0) is 37.6 Å². The highest BCUT2D eigenvalue weighted by molar-refractivity contribution is 5.99. The maximum Gasteiger partial charge on any atom is 0.338 e. The molecule has 0 bridgehead atoms. The van der Waals surface area contributed by atoms with E-state index in [9.17, 15) is 14.4 Å². The van der Waals surface area contributed by atoms with Crippen molar-refractivity contribution >= 4 is 35.0 Å². The number of hydrogen-bond acceptors (Lipinski definition) is 7. The third kappa shape index (κ3) is 6.07. The van der Waals surface area contributed by atoms with Gasteiger partial charge in [-0.25, -0.2) is 15.0 Å². The van der Waals surface area contributed by atoms with E-state index in [0.29, 0.717) is 29.3 Å². The SMILES string of the molecule is C#CCn1cc(/C=N\NC(=O)COc2ccc([C@H]3NC(=O)NC(C)=C3C(=O)OCC)cc2OC)c2ccccc21. The van der Waals surface area contributed by atoms with E-state index in [2.05, 4.69) is 27.1 Å². The van der Waals surface area contributed by atoms with Crippen LogP contribution in [0.2, 0.25) is 0 Å². The number of terminal acetylenes is 1. The summed E-state index contributed by atoms with van der Waals surface area (Å²) in [4.78, 5) is 37.1. The zero-order valence-corrected chi connectivity index (χ0v) is 22.3. The predicted molar refractivity (Wildman–Crippen MR) is 149 cm³/mol. The molecule has 2 aromatic carbocycles. The normalized spacial score (nSPS) is 14.8. The van der Waals surface area contributed by atoms with Crippen molar-refractivity contribution in [2.45, 2.75) is 26.4 Å². The number of benzene rings is 2. The van der Waals surface area contributed by atoms with Crippen LogP contribution in [0.4, 0.5) is 4.79 Å². The molecule has 1 aliphatic rings. The fourth-order valence-corrected chi connectivity index (χ4v) is 4.36. The second kappa shape index (κ2) is 12.5. The Hall–Kier alpha value is -5.24. The third-order valence-corrected chi connectivity index (χ3v) is 6.12. The minimum Gasteiger partial charge on any atom is -0.493 e. The Morgan fingerprint density at radius 2 is 2.02 bits per heavy atom. The molecule has 3 N–H and O–H groups in total. The van der Waals surface area contributed by atoms with Crippen LogP contribution >= 0.6 is 0 Å². The number of urea groups is 1. The molecule has 4 rings (SSSR count). The van der Waals surface area contributed by atoms with E-state index < -0.39 is 23.9 Å². The number of para-hydroxylation sites is 1. The number of nitrogens with one attached hydrogen (secondary N) is 3. The summed E-state index contributed by atoms with van der Waals surface area (Å²) < 4.78 is 18.2. The number of hydrazone groups is 1. The van der Waals surface area contributed by atoms with E-state index in [-0.39, 0.29) is 18.8 Å². The van der Waals surface area contributed by atoms with E-state index in [0.717, 1.165) is 16.5 Å².